The van der Waals surface area contributed by atoms with E-state index in [1.807, 2.05) is 72.6 Å². The van der Waals surface area contributed by atoms with Crippen molar-refractivity contribution in [3.63, 3.8) is 0 Å². The van der Waals surface area contributed by atoms with Crippen LogP contribution in [0.1, 0.15) is 25.0 Å². The number of anilines is 1. The second-order valence-electron chi connectivity index (χ2n) is 9.99. The van der Waals surface area contributed by atoms with Crippen LogP contribution < -0.4 is 15.8 Å². The molecule has 4 aromatic rings. The summed E-state index contributed by atoms with van der Waals surface area (Å²) in [6.45, 7) is 7.63. The molecular formula is C31H31N5O2. The normalized spacial score (nSPS) is 17.3. The number of pyridine rings is 1. The Labute approximate surface area is 222 Å². The molecule has 2 amide bonds. The Kier molecular flexibility index (Phi) is 6.64. The number of amides is 2. The van der Waals surface area contributed by atoms with E-state index in [4.69, 9.17) is 5.26 Å². The summed E-state index contributed by atoms with van der Waals surface area (Å²) >= 11 is 0. The zero-order valence-electron chi connectivity index (χ0n) is 22.1. The van der Waals surface area contributed by atoms with Gasteiger partial charge in [0, 0.05) is 55.2 Å². The lowest BCUT2D eigenvalue weighted by Gasteiger charge is -2.45. The molecule has 1 saturated heterocycles. The number of urea groups is 1. The fraction of sp³-hybridized carbons (Fsp3) is 0.258. The minimum Gasteiger partial charge on any atom is -0.367 e. The summed E-state index contributed by atoms with van der Waals surface area (Å²) < 4.78 is 1.71. The number of aryl methyl sites for hydroxylation is 1. The number of nitriles is 1. The largest absolute Gasteiger partial charge is 0.367 e. The van der Waals surface area contributed by atoms with Crippen LogP contribution in [0, 0.1) is 18.3 Å². The smallest absolute Gasteiger partial charge is 0.317 e. The molecule has 0 bridgehead atoms. The molecular weight excluding hydrogens is 474 g/mol. The highest BCUT2D eigenvalue weighted by Gasteiger charge is 2.32. The van der Waals surface area contributed by atoms with Crippen LogP contribution in [-0.4, -0.2) is 47.7 Å². The molecule has 38 heavy (non-hydrogen) atoms. The highest BCUT2D eigenvalue weighted by Crippen LogP contribution is 2.31. The Balaban J connectivity index is 1.47. The molecule has 1 N–H and O–H groups in total. The van der Waals surface area contributed by atoms with Gasteiger partial charge in [-0.15, -0.1) is 0 Å². The SMILES string of the molecule is CNC(=O)N1C(C)CN(c2ccc(-n3cc(C)c4c(-c5ccc(C#N)cc5)cccc4c3=O)cc2)CC1C. The number of hydrogen-bond donors (Lipinski definition) is 1. The summed E-state index contributed by atoms with van der Waals surface area (Å²) in [5.74, 6) is 0. The van der Waals surface area contributed by atoms with Crippen molar-refractivity contribution in [1.29, 1.82) is 5.26 Å². The Bertz CT molecular complexity index is 1590. The highest BCUT2D eigenvalue weighted by molar-refractivity contribution is 5.98. The number of nitrogens with zero attached hydrogens (tertiary/aromatic N) is 4. The second-order valence-corrected chi connectivity index (χ2v) is 9.99. The number of aromatic nitrogens is 1. The average molecular weight is 506 g/mol. The van der Waals surface area contributed by atoms with Crippen molar-refractivity contribution in [3.05, 3.63) is 94.4 Å². The number of piperazine rings is 1. The Hall–Kier alpha value is -4.57. The van der Waals surface area contributed by atoms with Gasteiger partial charge in [0.1, 0.15) is 0 Å². The van der Waals surface area contributed by atoms with Gasteiger partial charge in [-0.25, -0.2) is 4.79 Å². The lowest BCUT2D eigenvalue weighted by molar-refractivity contribution is 0.144. The van der Waals surface area contributed by atoms with Crippen LogP contribution in [0.2, 0.25) is 0 Å². The van der Waals surface area contributed by atoms with Crippen molar-refractivity contribution in [1.82, 2.24) is 14.8 Å². The van der Waals surface area contributed by atoms with E-state index in [-0.39, 0.29) is 23.7 Å². The third-order valence-electron chi connectivity index (χ3n) is 7.42. The van der Waals surface area contributed by atoms with Crippen LogP contribution >= 0.6 is 0 Å². The molecule has 3 aromatic carbocycles. The lowest BCUT2D eigenvalue weighted by Crippen LogP contribution is -2.60. The van der Waals surface area contributed by atoms with E-state index in [0.29, 0.717) is 10.9 Å². The molecule has 2 unspecified atom stereocenters. The standard InChI is InChI=1S/C31H31N5O2/c1-20-17-35(30(37)28-7-5-6-27(29(20)28)24-10-8-23(16-32)9-11-24)26-14-12-25(13-15-26)34-18-21(2)36(22(3)19-34)31(38)33-4/h5-15,17,21-22H,18-19H2,1-4H3,(H,33,38). The second kappa shape index (κ2) is 10.1. The van der Waals surface area contributed by atoms with Gasteiger partial charge >= 0.3 is 6.03 Å². The summed E-state index contributed by atoms with van der Waals surface area (Å²) in [6, 6.07) is 23.5. The van der Waals surface area contributed by atoms with E-state index in [2.05, 4.69) is 30.1 Å². The van der Waals surface area contributed by atoms with Gasteiger partial charge in [0.2, 0.25) is 0 Å². The third-order valence-corrected chi connectivity index (χ3v) is 7.42. The maximum atomic E-state index is 13.6. The summed E-state index contributed by atoms with van der Waals surface area (Å²) in [5, 5.41) is 13.5. The Morgan fingerprint density at radius 3 is 2.18 bits per heavy atom. The molecule has 1 aromatic heterocycles. The third kappa shape index (κ3) is 4.39. The average Bonchev–Trinajstić information content (AvgIpc) is 2.94. The fourth-order valence-electron chi connectivity index (χ4n) is 5.65. The van der Waals surface area contributed by atoms with Crippen molar-refractivity contribution >= 4 is 22.5 Å². The molecule has 0 saturated carbocycles. The zero-order chi connectivity index (χ0) is 27.0. The first kappa shape index (κ1) is 25.1. The van der Waals surface area contributed by atoms with Gasteiger partial charge in [-0.2, -0.15) is 5.26 Å². The maximum Gasteiger partial charge on any atom is 0.317 e. The molecule has 0 radical (unpaired) electrons. The first-order valence-corrected chi connectivity index (χ1v) is 12.8. The van der Waals surface area contributed by atoms with Gasteiger partial charge in [0.25, 0.3) is 5.56 Å². The van der Waals surface area contributed by atoms with E-state index in [1.165, 1.54) is 0 Å². The van der Waals surface area contributed by atoms with E-state index in [1.54, 1.807) is 23.7 Å². The molecule has 5 rings (SSSR count). The summed E-state index contributed by atoms with van der Waals surface area (Å²) in [6.07, 6.45) is 1.90. The fourth-order valence-corrected chi connectivity index (χ4v) is 5.65. The monoisotopic (exact) mass is 505 g/mol. The van der Waals surface area contributed by atoms with Crippen molar-refractivity contribution in [3.8, 4) is 22.9 Å². The number of carbonyl (C=O) groups is 1. The number of hydrogen-bond acceptors (Lipinski definition) is 4. The highest BCUT2D eigenvalue weighted by atomic mass is 16.2. The predicted octanol–water partition coefficient (Wildman–Crippen LogP) is 5.08. The van der Waals surface area contributed by atoms with E-state index < -0.39 is 0 Å². The molecule has 2 heterocycles. The predicted molar refractivity (Wildman–Crippen MR) is 152 cm³/mol. The first-order chi connectivity index (χ1) is 18.3. The quantitative estimate of drug-likeness (QED) is 0.421. The number of benzene rings is 3. The minimum atomic E-state index is -0.0738. The summed E-state index contributed by atoms with van der Waals surface area (Å²) in [5.41, 5.74) is 5.35. The van der Waals surface area contributed by atoms with Gasteiger partial charge in [-0.05, 0) is 85.3 Å². The van der Waals surface area contributed by atoms with Crippen LogP contribution in [-0.2, 0) is 0 Å². The van der Waals surface area contributed by atoms with Gasteiger partial charge in [0.05, 0.1) is 11.6 Å². The number of nitrogens with one attached hydrogen (secondary N) is 1. The Morgan fingerprint density at radius 1 is 0.947 bits per heavy atom. The topological polar surface area (TPSA) is 81.4 Å². The molecule has 7 nitrogen and oxygen atoms in total. The molecule has 7 heteroatoms. The molecule has 192 valence electrons. The van der Waals surface area contributed by atoms with Crippen molar-refractivity contribution < 1.29 is 4.79 Å². The Morgan fingerprint density at radius 2 is 1.58 bits per heavy atom. The van der Waals surface area contributed by atoms with Crippen LogP contribution in [0.4, 0.5) is 10.5 Å². The maximum absolute atomic E-state index is 13.6. The first-order valence-electron chi connectivity index (χ1n) is 12.8. The van der Waals surface area contributed by atoms with Crippen LogP contribution in [0.3, 0.4) is 0 Å². The van der Waals surface area contributed by atoms with E-state index in [0.717, 1.165) is 46.5 Å². The van der Waals surface area contributed by atoms with E-state index >= 15 is 0 Å². The summed E-state index contributed by atoms with van der Waals surface area (Å²) in [7, 11) is 1.66. The van der Waals surface area contributed by atoms with Crippen LogP contribution in [0.5, 0.6) is 0 Å². The molecule has 1 aliphatic heterocycles. The number of rotatable bonds is 3. The van der Waals surface area contributed by atoms with E-state index in [9.17, 15) is 9.59 Å². The molecule has 0 spiro atoms. The molecule has 2 atom stereocenters. The molecule has 1 aliphatic rings. The van der Waals surface area contributed by atoms with Crippen molar-refractivity contribution in [2.24, 2.45) is 0 Å². The van der Waals surface area contributed by atoms with Gasteiger partial charge in [0.15, 0.2) is 0 Å². The van der Waals surface area contributed by atoms with Gasteiger partial charge in [-0.1, -0.05) is 24.3 Å². The minimum absolute atomic E-state index is 0.0478. The van der Waals surface area contributed by atoms with Crippen molar-refractivity contribution in [2.45, 2.75) is 32.9 Å². The number of fused-ring (bicyclic) bond motifs is 1. The van der Waals surface area contributed by atoms with Gasteiger partial charge in [-0.3, -0.25) is 9.36 Å². The van der Waals surface area contributed by atoms with Crippen LogP contribution in [0.15, 0.2) is 77.7 Å². The van der Waals surface area contributed by atoms with Crippen LogP contribution in [0.25, 0.3) is 27.6 Å². The molecule has 0 aliphatic carbocycles. The number of carbonyl (C=O) groups excluding carboxylic acids is 1. The summed E-state index contributed by atoms with van der Waals surface area (Å²) in [4.78, 5) is 30.1. The zero-order valence-corrected chi connectivity index (χ0v) is 22.1. The van der Waals surface area contributed by atoms with Gasteiger partial charge < -0.3 is 15.1 Å². The lowest BCUT2D eigenvalue weighted by atomic mass is 9.96. The van der Waals surface area contributed by atoms with Crippen molar-refractivity contribution in [2.75, 3.05) is 25.0 Å². The molecule has 1 fully saturated rings.